The SMILES string of the molecule is Fc1ccc2onc(Br)c2c1. The van der Waals surface area contributed by atoms with Crippen molar-refractivity contribution in [1.82, 2.24) is 5.16 Å². The minimum absolute atomic E-state index is 0.290. The summed E-state index contributed by atoms with van der Waals surface area (Å²) in [6.07, 6.45) is 0. The number of benzene rings is 1. The highest BCUT2D eigenvalue weighted by molar-refractivity contribution is 9.10. The quantitative estimate of drug-likeness (QED) is 0.676. The Morgan fingerprint density at radius 2 is 2.27 bits per heavy atom. The molecule has 1 aromatic carbocycles. The zero-order chi connectivity index (χ0) is 7.84. The first kappa shape index (κ1) is 6.79. The van der Waals surface area contributed by atoms with Crippen LogP contribution in [0.1, 0.15) is 0 Å². The number of hydrogen-bond donors (Lipinski definition) is 0. The van der Waals surface area contributed by atoms with Crippen LogP contribution >= 0.6 is 15.9 Å². The standard InChI is InChI=1S/C7H3BrFNO/c8-7-5-3-4(9)1-2-6(5)11-10-7/h1-3H. The summed E-state index contributed by atoms with van der Waals surface area (Å²) in [5, 5.41) is 4.27. The van der Waals surface area contributed by atoms with Crippen LogP contribution in [0.4, 0.5) is 4.39 Å². The average molecular weight is 216 g/mol. The summed E-state index contributed by atoms with van der Waals surface area (Å²) in [7, 11) is 0. The lowest BCUT2D eigenvalue weighted by molar-refractivity contribution is 0.451. The maximum absolute atomic E-state index is 12.6. The lowest BCUT2D eigenvalue weighted by Gasteiger charge is -1.85. The lowest BCUT2D eigenvalue weighted by atomic mass is 10.3. The number of hydrogen-bond acceptors (Lipinski definition) is 2. The van der Waals surface area contributed by atoms with E-state index < -0.39 is 0 Å². The molecule has 0 aliphatic carbocycles. The van der Waals surface area contributed by atoms with Crippen LogP contribution in [-0.4, -0.2) is 5.16 Å². The molecular formula is C7H3BrFNO. The summed E-state index contributed by atoms with van der Waals surface area (Å²) in [5.74, 6) is -0.290. The van der Waals surface area contributed by atoms with Crippen LogP contribution in [0.3, 0.4) is 0 Å². The third-order valence-corrected chi connectivity index (χ3v) is 1.96. The van der Waals surface area contributed by atoms with Crippen molar-refractivity contribution in [2.75, 3.05) is 0 Å². The van der Waals surface area contributed by atoms with E-state index in [2.05, 4.69) is 21.1 Å². The Morgan fingerprint density at radius 1 is 1.45 bits per heavy atom. The maximum Gasteiger partial charge on any atom is 0.168 e. The van der Waals surface area contributed by atoms with Crippen LogP contribution < -0.4 is 0 Å². The number of halogens is 2. The maximum atomic E-state index is 12.6. The van der Waals surface area contributed by atoms with E-state index in [1.165, 1.54) is 12.1 Å². The fourth-order valence-corrected chi connectivity index (χ4v) is 1.26. The zero-order valence-electron chi connectivity index (χ0n) is 5.34. The van der Waals surface area contributed by atoms with Crippen LogP contribution in [0.25, 0.3) is 11.0 Å². The molecule has 56 valence electrons. The van der Waals surface area contributed by atoms with Gasteiger partial charge in [0.2, 0.25) is 0 Å². The molecule has 4 heteroatoms. The Bertz CT molecular complexity index is 398. The Hall–Kier alpha value is -0.900. The molecule has 0 radical (unpaired) electrons. The molecule has 0 amide bonds. The molecule has 11 heavy (non-hydrogen) atoms. The van der Waals surface area contributed by atoms with Gasteiger partial charge in [-0.3, -0.25) is 0 Å². The molecule has 0 saturated heterocycles. The van der Waals surface area contributed by atoms with E-state index in [0.717, 1.165) is 0 Å². The molecule has 2 rings (SSSR count). The van der Waals surface area contributed by atoms with Crippen molar-refractivity contribution in [3.8, 4) is 0 Å². The van der Waals surface area contributed by atoms with Gasteiger partial charge >= 0.3 is 0 Å². The van der Waals surface area contributed by atoms with Crippen molar-refractivity contribution in [2.45, 2.75) is 0 Å². The fraction of sp³-hybridized carbons (Fsp3) is 0. The highest BCUT2D eigenvalue weighted by Gasteiger charge is 2.04. The van der Waals surface area contributed by atoms with Gasteiger partial charge in [0, 0.05) is 0 Å². The summed E-state index contributed by atoms with van der Waals surface area (Å²) in [6, 6.07) is 4.25. The van der Waals surface area contributed by atoms with Crippen LogP contribution in [0.15, 0.2) is 27.3 Å². The Balaban J connectivity index is 2.87. The van der Waals surface area contributed by atoms with Gasteiger partial charge in [-0.05, 0) is 34.1 Å². The molecule has 0 atom stereocenters. The molecule has 2 nitrogen and oxygen atoms in total. The van der Waals surface area contributed by atoms with Gasteiger partial charge in [0.1, 0.15) is 5.82 Å². The van der Waals surface area contributed by atoms with Gasteiger partial charge in [0.05, 0.1) is 5.39 Å². The smallest absolute Gasteiger partial charge is 0.168 e. The molecule has 1 aromatic heterocycles. The van der Waals surface area contributed by atoms with Crippen LogP contribution in [0.5, 0.6) is 0 Å². The number of aromatic nitrogens is 1. The molecule has 0 bridgehead atoms. The van der Waals surface area contributed by atoms with Crippen LogP contribution in [-0.2, 0) is 0 Å². The zero-order valence-corrected chi connectivity index (χ0v) is 6.93. The monoisotopic (exact) mass is 215 g/mol. The van der Waals surface area contributed by atoms with Gasteiger partial charge in [-0.25, -0.2) is 4.39 Å². The summed E-state index contributed by atoms with van der Waals surface area (Å²) >= 11 is 3.13. The number of nitrogens with zero attached hydrogens (tertiary/aromatic N) is 1. The second kappa shape index (κ2) is 2.30. The lowest BCUT2D eigenvalue weighted by Crippen LogP contribution is -1.70. The Kier molecular flexibility index (Phi) is 1.42. The Morgan fingerprint density at radius 3 is 3.09 bits per heavy atom. The fourth-order valence-electron chi connectivity index (χ4n) is 0.881. The highest BCUT2D eigenvalue weighted by Crippen LogP contribution is 2.23. The molecule has 0 spiro atoms. The third-order valence-electron chi connectivity index (χ3n) is 1.39. The van der Waals surface area contributed by atoms with E-state index in [9.17, 15) is 4.39 Å². The van der Waals surface area contributed by atoms with Gasteiger partial charge in [-0.2, -0.15) is 0 Å². The van der Waals surface area contributed by atoms with Crippen LogP contribution in [0.2, 0.25) is 0 Å². The molecule has 1 heterocycles. The molecule has 0 aliphatic heterocycles. The molecule has 0 unspecified atom stereocenters. The molecule has 0 fully saturated rings. The second-order valence-electron chi connectivity index (χ2n) is 2.11. The molecule has 2 aromatic rings. The number of rotatable bonds is 0. The number of fused-ring (bicyclic) bond motifs is 1. The molecular weight excluding hydrogens is 213 g/mol. The van der Waals surface area contributed by atoms with E-state index >= 15 is 0 Å². The van der Waals surface area contributed by atoms with Gasteiger partial charge in [0.15, 0.2) is 10.2 Å². The van der Waals surface area contributed by atoms with Gasteiger partial charge < -0.3 is 4.52 Å². The summed E-state index contributed by atoms with van der Waals surface area (Å²) in [4.78, 5) is 0. The summed E-state index contributed by atoms with van der Waals surface area (Å²) in [5.41, 5.74) is 0.582. The summed E-state index contributed by atoms with van der Waals surface area (Å²) in [6.45, 7) is 0. The van der Waals surface area contributed by atoms with Gasteiger partial charge in [-0.15, -0.1) is 0 Å². The average Bonchev–Trinajstić information content (AvgIpc) is 2.33. The van der Waals surface area contributed by atoms with Gasteiger partial charge in [0.25, 0.3) is 0 Å². The molecule has 0 N–H and O–H groups in total. The third kappa shape index (κ3) is 1.03. The van der Waals surface area contributed by atoms with Crippen molar-refractivity contribution < 1.29 is 8.91 Å². The first-order chi connectivity index (χ1) is 5.27. The normalized spacial score (nSPS) is 10.7. The predicted molar refractivity (Wildman–Crippen MR) is 41.7 cm³/mol. The first-order valence-corrected chi connectivity index (χ1v) is 3.77. The Labute approximate surface area is 70.1 Å². The van der Waals surface area contributed by atoms with Crippen molar-refractivity contribution in [1.29, 1.82) is 0 Å². The largest absolute Gasteiger partial charge is 0.355 e. The van der Waals surface area contributed by atoms with E-state index in [1.54, 1.807) is 6.07 Å². The van der Waals surface area contributed by atoms with Crippen molar-refractivity contribution >= 4 is 26.9 Å². The van der Waals surface area contributed by atoms with E-state index in [4.69, 9.17) is 4.52 Å². The van der Waals surface area contributed by atoms with E-state index in [-0.39, 0.29) is 5.82 Å². The minimum atomic E-state index is -0.290. The predicted octanol–water partition coefficient (Wildman–Crippen LogP) is 2.73. The van der Waals surface area contributed by atoms with Crippen LogP contribution in [0, 0.1) is 5.82 Å². The second-order valence-corrected chi connectivity index (χ2v) is 2.87. The molecule has 0 saturated carbocycles. The molecule has 0 aliphatic rings. The first-order valence-electron chi connectivity index (χ1n) is 2.98. The summed E-state index contributed by atoms with van der Waals surface area (Å²) < 4.78 is 18.0. The topological polar surface area (TPSA) is 26.0 Å². The van der Waals surface area contributed by atoms with Crippen molar-refractivity contribution in [3.63, 3.8) is 0 Å². The van der Waals surface area contributed by atoms with Crippen molar-refractivity contribution in [3.05, 3.63) is 28.6 Å². The van der Waals surface area contributed by atoms with E-state index in [0.29, 0.717) is 15.6 Å². The van der Waals surface area contributed by atoms with Gasteiger partial charge in [-0.1, -0.05) is 5.16 Å². The highest BCUT2D eigenvalue weighted by atomic mass is 79.9. The van der Waals surface area contributed by atoms with E-state index in [1.807, 2.05) is 0 Å². The van der Waals surface area contributed by atoms with Crippen molar-refractivity contribution in [2.24, 2.45) is 0 Å². The minimum Gasteiger partial charge on any atom is -0.355 e.